The Morgan fingerprint density at radius 3 is 2.55 bits per heavy atom. The fourth-order valence-corrected chi connectivity index (χ4v) is 0.696. The number of hydrogen-bond acceptors (Lipinski definition) is 1. The van der Waals surface area contributed by atoms with E-state index < -0.39 is 5.97 Å². The standard InChI is InChI=1S/C8H14O2.Zr/c1-2-3-4-5-6-7-8(9)10;/h6-7H,2-5H2,1H3,(H,9,10);/b7-6+;. The smallest absolute Gasteiger partial charge is 0.327 e. The van der Waals surface area contributed by atoms with Crippen molar-refractivity contribution < 1.29 is 36.1 Å². The van der Waals surface area contributed by atoms with E-state index >= 15 is 0 Å². The zero-order valence-corrected chi connectivity index (χ0v) is 9.30. The zero-order chi connectivity index (χ0) is 7.82. The van der Waals surface area contributed by atoms with E-state index in [4.69, 9.17) is 5.11 Å². The molecule has 0 bridgehead atoms. The van der Waals surface area contributed by atoms with Crippen molar-refractivity contribution in [1.82, 2.24) is 0 Å². The number of carbonyl (C=O) groups is 1. The third-order valence-electron chi connectivity index (χ3n) is 1.23. The number of allylic oxidation sites excluding steroid dienone is 1. The van der Waals surface area contributed by atoms with Gasteiger partial charge in [0, 0.05) is 32.3 Å². The third kappa shape index (κ3) is 13.1. The summed E-state index contributed by atoms with van der Waals surface area (Å²) >= 11 is 0. The van der Waals surface area contributed by atoms with Crippen LogP contribution >= 0.6 is 0 Å². The molecule has 0 radical (unpaired) electrons. The van der Waals surface area contributed by atoms with Gasteiger partial charge in [0.05, 0.1) is 0 Å². The molecule has 0 aromatic heterocycles. The Hall–Kier alpha value is 0.0931. The van der Waals surface area contributed by atoms with Crippen molar-refractivity contribution >= 4 is 5.97 Å². The Morgan fingerprint density at radius 1 is 1.45 bits per heavy atom. The summed E-state index contributed by atoms with van der Waals surface area (Å²) in [5.41, 5.74) is 0. The van der Waals surface area contributed by atoms with Gasteiger partial charge in [-0.25, -0.2) is 4.79 Å². The van der Waals surface area contributed by atoms with Crippen LogP contribution in [0.3, 0.4) is 0 Å². The molecule has 0 rings (SSSR count). The molecule has 0 aromatic rings. The van der Waals surface area contributed by atoms with Crippen LogP contribution in [0.25, 0.3) is 0 Å². The van der Waals surface area contributed by atoms with Gasteiger partial charge in [0.25, 0.3) is 0 Å². The van der Waals surface area contributed by atoms with Gasteiger partial charge in [0.1, 0.15) is 0 Å². The summed E-state index contributed by atoms with van der Waals surface area (Å²) < 4.78 is 0. The maximum atomic E-state index is 9.95. The molecular weight excluding hydrogens is 219 g/mol. The molecule has 0 aliphatic heterocycles. The van der Waals surface area contributed by atoms with Crippen LogP contribution in [-0.4, -0.2) is 11.1 Å². The van der Waals surface area contributed by atoms with E-state index in [-0.39, 0.29) is 26.2 Å². The topological polar surface area (TPSA) is 37.3 Å². The Kier molecular flexibility index (Phi) is 12.5. The first-order chi connectivity index (χ1) is 4.77. The summed E-state index contributed by atoms with van der Waals surface area (Å²) in [6, 6.07) is 0. The first kappa shape index (κ1) is 13.7. The van der Waals surface area contributed by atoms with Gasteiger partial charge in [-0.2, -0.15) is 0 Å². The first-order valence-corrected chi connectivity index (χ1v) is 3.67. The number of aliphatic carboxylic acids is 1. The summed E-state index contributed by atoms with van der Waals surface area (Å²) in [5.74, 6) is -0.850. The van der Waals surface area contributed by atoms with Gasteiger partial charge in [0.15, 0.2) is 0 Å². The molecule has 2 nitrogen and oxygen atoms in total. The van der Waals surface area contributed by atoms with Crippen molar-refractivity contribution in [3.8, 4) is 0 Å². The molecule has 11 heavy (non-hydrogen) atoms. The van der Waals surface area contributed by atoms with Crippen LogP contribution in [0.1, 0.15) is 32.6 Å². The van der Waals surface area contributed by atoms with Crippen molar-refractivity contribution in [2.45, 2.75) is 32.6 Å². The van der Waals surface area contributed by atoms with Gasteiger partial charge in [-0.15, -0.1) is 0 Å². The van der Waals surface area contributed by atoms with Gasteiger partial charge in [-0.1, -0.05) is 25.8 Å². The van der Waals surface area contributed by atoms with E-state index in [1.165, 1.54) is 18.9 Å². The van der Waals surface area contributed by atoms with Crippen LogP contribution in [0.5, 0.6) is 0 Å². The number of carboxylic acids is 1. The maximum absolute atomic E-state index is 9.95. The Labute approximate surface area is 86.8 Å². The molecular formula is C8H14O2Zr. The molecule has 0 spiro atoms. The summed E-state index contributed by atoms with van der Waals surface area (Å²) in [4.78, 5) is 9.95. The molecule has 0 atom stereocenters. The molecule has 0 saturated carbocycles. The van der Waals surface area contributed by atoms with E-state index in [1.807, 2.05) is 0 Å². The summed E-state index contributed by atoms with van der Waals surface area (Å²) in [5, 5.41) is 8.18. The van der Waals surface area contributed by atoms with Crippen LogP contribution in [0.15, 0.2) is 12.2 Å². The van der Waals surface area contributed by atoms with Crippen molar-refractivity contribution in [2.75, 3.05) is 0 Å². The minimum atomic E-state index is -0.850. The van der Waals surface area contributed by atoms with Crippen molar-refractivity contribution in [3.05, 3.63) is 12.2 Å². The second kappa shape index (κ2) is 10.1. The average Bonchev–Trinajstić information content (AvgIpc) is 1.87. The Balaban J connectivity index is 0. The van der Waals surface area contributed by atoms with E-state index in [1.54, 1.807) is 6.08 Å². The van der Waals surface area contributed by atoms with E-state index in [2.05, 4.69) is 6.92 Å². The number of unbranched alkanes of at least 4 members (excludes halogenated alkanes) is 3. The quantitative estimate of drug-likeness (QED) is 0.584. The third-order valence-corrected chi connectivity index (χ3v) is 1.23. The fraction of sp³-hybridized carbons (Fsp3) is 0.625. The zero-order valence-electron chi connectivity index (χ0n) is 6.84. The predicted molar refractivity (Wildman–Crippen MR) is 40.9 cm³/mol. The molecule has 0 unspecified atom stereocenters. The summed E-state index contributed by atoms with van der Waals surface area (Å²) in [6.45, 7) is 2.13. The maximum Gasteiger partial charge on any atom is 0.327 e. The largest absolute Gasteiger partial charge is 0.478 e. The predicted octanol–water partition coefficient (Wildman–Crippen LogP) is 2.20. The van der Waals surface area contributed by atoms with Gasteiger partial charge in [-0.3, -0.25) is 0 Å². The molecule has 0 amide bonds. The van der Waals surface area contributed by atoms with Crippen LogP contribution in [0.4, 0.5) is 0 Å². The fourth-order valence-electron chi connectivity index (χ4n) is 0.696. The first-order valence-electron chi connectivity index (χ1n) is 3.67. The minimum absolute atomic E-state index is 0. The molecule has 0 saturated heterocycles. The average molecular weight is 233 g/mol. The van der Waals surface area contributed by atoms with Crippen molar-refractivity contribution in [1.29, 1.82) is 0 Å². The van der Waals surface area contributed by atoms with E-state index in [0.717, 1.165) is 12.8 Å². The van der Waals surface area contributed by atoms with Crippen LogP contribution in [0, 0.1) is 0 Å². The van der Waals surface area contributed by atoms with Crippen LogP contribution in [-0.2, 0) is 31.0 Å². The second-order valence-electron chi connectivity index (χ2n) is 2.24. The molecule has 3 heteroatoms. The Morgan fingerprint density at radius 2 is 2.09 bits per heavy atom. The minimum Gasteiger partial charge on any atom is -0.478 e. The van der Waals surface area contributed by atoms with E-state index in [0.29, 0.717) is 0 Å². The summed E-state index contributed by atoms with van der Waals surface area (Å²) in [6.07, 6.45) is 7.26. The van der Waals surface area contributed by atoms with Gasteiger partial charge < -0.3 is 5.11 Å². The number of hydrogen-bond donors (Lipinski definition) is 1. The molecule has 1 N–H and O–H groups in total. The van der Waals surface area contributed by atoms with Gasteiger partial charge in [-0.05, 0) is 12.8 Å². The molecule has 0 aromatic carbocycles. The van der Waals surface area contributed by atoms with Crippen LogP contribution in [0.2, 0.25) is 0 Å². The normalized spacial score (nSPS) is 9.55. The van der Waals surface area contributed by atoms with Crippen molar-refractivity contribution in [2.24, 2.45) is 0 Å². The molecule has 0 heterocycles. The second-order valence-corrected chi connectivity index (χ2v) is 2.24. The van der Waals surface area contributed by atoms with Crippen LogP contribution < -0.4 is 0 Å². The van der Waals surface area contributed by atoms with E-state index in [9.17, 15) is 4.79 Å². The Bertz CT molecular complexity index is 121. The van der Waals surface area contributed by atoms with Gasteiger partial charge >= 0.3 is 5.97 Å². The molecule has 0 aliphatic rings. The SMILES string of the molecule is CCCCC/C=C/C(=O)O.[Zr]. The number of carboxylic acid groups (broad SMARTS) is 1. The summed E-state index contributed by atoms with van der Waals surface area (Å²) in [7, 11) is 0. The van der Waals surface area contributed by atoms with Gasteiger partial charge in [0.2, 0.25) is 0 Å². The molecule has 62 valence electrons. The van der Waals surface area contributed by atoms with Crippen molar-refractivity contribution in [3.63, 3.8) is 0 Å². The molecule has 0 aliphatic carbocycles. The number of rotatable bonds is 5. The monoisotopic (exact) mass is 232 g/mol. The molecule has 0 fully saturated rings.